The van der Waals surface area contributed by atoms with E-state index in [9.17, 15) is 0 Å². The third-order valence-electron chi connectivity index (χ3n) is 11.8. The third kappa shape index (κ3) is 7.13. The largest absolute Gasteiger partial charge is 0.378 e. The Bertz CT molecular complexity index is 2010. The third-order valence-corrected chi connectivity index (χ3v) is 11.8. The fourth-order valence-electron chi connectivity index (χ4n) is 8.82. The first-order valence-electron chi connectivity index (χ1n) is 19.8. The second-order valence-electron chi connectivity index (χ2n) is 15.5. The van der Waals surface area contributed by atoms with Gasteiger partial charge < -0.3 is 20.4 Å². The van der Waals surface area contributed by atoms with E-state index < -0.39 is 0 Å². The first-order chi connectivity index (χ1) is 26.0. The maximum atomic E-state index is 5.29. The molecule has 3 atom stereocenters. The van der Waals surface area contributed by atoms with Crippen LogP contribution >= 0.6 is 0 Å². The van der Waals surface area contributed by atoms with Crippen molar-refractivity contribution >= 4 is 46.7 Å². The lowest BCUT2D eigenvalue weighted by atomic mass is 9.85. The zero-order valence-corrected chi connectivity index (χ0v) is 31.1. The van der Waals surface area contributed by atoms with Gasteiger partial charge in [0.15, 0.2) is 0 Å². The van der Waals surface area contributed by atoms with Gasteiger partial charge in [-0.2, -0.15) is 0 Å². The molecule has 9 nitrogen and oxygen atoms in total. The number of likely N-dealkylation sites (tertiary alicyclic amines) is 1. The van der Waals surface area contributed by atoms with Crippen molar-refractivity contribution in [2.24, 2.45) is 20.0 Å². The number of aryl methyl sites for hydroxylation is 2. The van der Waals surface area contributed by atoms with Gasteiger partial charge in [-0.25, -0.2) is 20.0 Å². The summed E-state index contributed by atoms with van der Waals surface area (Å²) < 4.78 is 0. The molecule has 3 aromatic rings. The van der Waals surface area contributed by atoms with Gasteiger partial charge in [0.1, 0.15) is 6.34 Å². The van der Waals surface area contributed by atoms with Crippen molar-refractivity contribution in [3.8, 4) is 0 Å². The molecule has 0 aromatic heterocycles. The zero-order valence-electron chi connectivity index (χ0n) is 31.1. The van der Waals surface area contributed by atoms with Crippen molar-refractivity contribution in [3.63, 3.8) is 0 Å². The van der Waals surface area contributed by atoms with Gasteiger partial charge >= 0.3 is 0 Å². The van der Waals surface area contributed by atoms with Gasteiger partial charge in [0.25, 0.3) is 0 Å². The van der Waals surface area contributed by atoms with E-state index in [2.05, 4.69) is 118 Å². The highest BCUT2D eigenvalue weighted by atomic mass is 15.4. The molecule has 0 bridgehead atoms. The summed E-state index contributed by atoms with van der Waals surface area (Å²) in [6, 6.07) is 24.6. The number of guanidine groups is 2. The standard InChI is InChI=1S/C44H51N9/c1-30-9-13-32(14-10-30)47-39-25-34(51-21-5-3-6-22-51)17-19-37(39)41-27-36-28-42(50-44-46-29-45-43(49-41)53(36)44)38-20-18-35(52-23-7-4-8-24-52)26-40(38)48-33-15-11-31(2)12-16-33/h9-20,25,29,36,40-41,47-48H,3-8,21-24,26-28H2,1-2H3. The molecule has 0 saturated carbocycles. The average Bonchev–Trinajstić information content (AvgIpc) is 3.20. The first kappa shape index (κ1) is 33.6. The van der Waals surface area contributed by atoms with Gasteiger partial charge in [-0.05, 0) is 107 Å². The maximum Gasteiger partial charge on any atom is 0.234 e. The highest BCUT2D eigenvalue weighted by Crippen LogP contribution is 2.41. The lowest BCUT2D eigenvalue weighted by Gasteiger charge is -2.42. The number of nitrogens with one attached hydrogen (secondary N) is 2. The van der Waals surface area contributed by atoms with Crippen LogP contribution in [0.1, 0.15) is 80.5 Å². The molecule has 9 rings (SSSR count). The molecule has 9 heteroatoms. The number of hydrogen-bond acceptors (Lipinski definition) is 9. The smallest absolute Gasteiger partial charge is 0.234 e. The topological polar surface area (TPSA) is 83.2 Å². The van der Waals surface area contributed by atoms with Gasteiger partial charge in [-0.1, -0.05) is 47.5 Å². The van der Waals surface area contributed by atoms with Crippen LogP contribution in [0.2, 0.25) is 0 Å². The Morgan fingerprint density at radius 2 is 1.40 bits per heavy atom. The Hall–Kier alpha value is -5.18. The molecule has 0 amide bonds. The molecule has 0 radical (unpaired) electrons. The van der Waals surface area contributed by atoms with Crippen LogP contribution in [0.15, 0.2) is 110 Å². The van der Waals surface area contributed by atoms with Crippen LogP contribution in [0, 0.1) is 13.8 Å². The average molecular weight is 706 g/mol. The summed E-state index contributed by atoms with van der Waals surface area (Å²) in [6.45, 7) is 8.77. The quantitative estimate of drug-likeness (QED) is 0.245. The summed E-state index contributed by atoms with van der Waals surface area (Å²) in [5, 5.41) is 7.73. The molecule has 1 aliphatic carbocycles. The van der Waals surface area contributed by atoms with Gasteiger partial charge in [-0.15, -0.1) is 0 Å². The molecule has 5 aliphatic heterocycles. The van der Waals surface area contributed by atoms with Crippen LogP contribution in [-0.4, -0.2) is 72.0 Å². The highest BCUT2D eigenvalue weighted by Gasteiger charge is 2.41. The van der Waals surface area contributed by atoms with Crippen LogP contribution in [-0.2, 0) is 0 Å². The van der Waals surface area contributed by atoms with Crippen LogP contribution < -0.4 is 15.5 Å². The number of hydrogen-bond donors (Lipinski definition) is 2. The van der Waals surface area contributed by atoms with E-state index in [-0.39, 0.29) is 18.1 Å². The van der Waals surface area contributed by atoms with Gasteiger partial charge in [-0.3, -0.25) is 4.90 Å². The van der Waals surface area contributed by atoms with E-state index in [1.54, 1.807) is 6.34 Å². The van der Waals surface area contributed by atoms with E-state index in [0.29, 0.717) is 11.9 Å². The highest BCUT2D eigenvalue weighted by molar-refractivity contribution is 6.17. The Kier molecular flexibility index (Phi) is 9.32. The minimum absolute atomic E-state index is 0.0575. The van der Waals surface area contributed by atoms with E-state index in [1.807, 2.05) is 0 Å². The number of aliphatic imine (C=N–C) groups is 4. The molecule has 2 fully saturated rings. The molecule has 2 saturated heterocycles. The van der Waals surface area contributed by atoms with Crippen molar-refractivity contribution in [2.75, 3.05) is 41.7 Å². The maximum absolute atomic E-state index is 5.29. The SMILES string of the molecule is Cc1ccc(Nc2cc(N3CCCCC3)ccc2C2CC3CC(C4=CC=C(N5CCCCC5)CC4Nc4ccc(C)cc4)=NC4=NC=NC(=N2)N43)cc1. The Morgan fingerprint density at radius 3 is 2.13 bits per heavy atom. The lowest BCUT2D eigenvalue weighted by molar-refractivity contribution is 0.274. The van der Waals surface area contributed by atoms with E-state index >= 15 is 0 Å². The minimum atomic E-state index is -0.0575. The summed E-state index contributed by atoms with van der Waals surface area (Å²) >= 11 is 0. The number of allylic oxidation sites excluding steroid dienone is 2. The number of benzene rings is 3. The molecule has 0 spiro atoms. The van der Waals surface area contributed by atoms with E-state index in [0.717, 1.165) is 68.2 Å². The molecule has 272 valence electrons. The second-order valence-corrected chi connectivity index (χ2v) is 15.5. The molecule has 2 N–H and O–H groups in total. The van der Waals surface area contributed by atoms with Crippen LogP contribution in [0.5, 0.6) is 0 Å². The van der Waals surface area contributed by atoms with Crippen molar-refractivity contribution in [2.45, 2.75) is 89.8 Å². The molecule has 3 unspecified atom stereocenters. The van der Waals surface area contributed by atoms with Crippen molar-refractivity contribution < 1.29 is 0 Å². The fraction of sp³-hybridized carbons (Fsp3) is 0.409. The van der Waals surface area contributed by atoms with Gasteiger partial charge in [0.2, 0.25) is 11.9 Å². The van der Waals surface area contributed by atoms with Gasteiger partial charge in [0, 0.05) is 79.1 Å². The second kappa shape index (κ2) is 14.7. The predicted octanol–water partition coefficient (Wildman–Crippen LogP) is 8.93. The van der Waals surface area contributed by atoms with Gasteiger partial charge in [0.05, 0.1) is 17.8 Å². The van der Waals surface area contributed by atoms with Crippen molar-refractivity contribution in [1.82, 2.24) is 9.80 Å². The Balaban J connectivity index is 1.04. The number of rotatable bonds is 8. The normalized spacial score (nSPS) is 24.0. The van der Waals surface area contributed by atoms with E-state index in [4.69, 9.17) is 20.0 Å². The zero-order chi connectivity index (χ0) is 35.7. The Labute approximate surface area is 314 Å². The Morgan fingerprint density at radius 1 is 0.698 bits per heavy atom. The molecular weight excluding hydrogens is 655 g/mol. The van der Waals surface area contributed by atoms with E-state index in [1.165, 1.54) is 72.2 Å². The monoisotopic (exact) mass is 705 g/mol. The molecule has 6 aliphatic rings. The predicted molar refractivity (Wildman–Crippen MR) is 220 cm³/mol. The molecule has 3 aromatic carbocycles. The first-order valence-corrected chi connectivity index (χ1v) is 19.8. The summed E-state index contributed by atoms with van der Waals surface area (Å²) in [5.41, 5.74) is 12.1. The minimum Gasteiger partial charge on any atom is -0.378 e. The lowest BCUT2D eigenvalue weighted by Crippen LogP contribution is -2.52. The van der Waals surface area contributed by atoms with Crippen LogP contribution in [0.4, 0.5) is 22.7 Å². The fourth-order valence-corrected chi connectivity index (χ4v) is 8.82. The van der Waals surface area contributed by atoms with Crippen molar-refractivity contribution in [1.29, 1.82) is 0 Å². The molecule has 5 heterocycles. The number of piperidine rings is 2. The summed E-state index contributed by atoms with van der Waals surface area (Å²) in [4.78, 5) is 27.3. The summed E-state index contributed by atoms with van der Waals surface area (Å²) in [6.07, 6.45) is 16.6. The number of anilines is 4. The number of nitrogens with zero attached hydrogens (tertiary/aromatic N) is 7. The molecule has 53 heavy (non-hydrogen) atoms. The van der Waals surface area contributed by atoms with Crippen LogP contribution in [0.25, 0.3) is 0 Å². The molecular formula is C44H51N9. The summed E-state index contributed by atoms with van der Waals surface area (Å²) in [5.74, 6) is 1.40. The summed E-state index contributed by atoms with van der Waals surface area (Å²) in [7, 11) is 0. The van der Waals surface area contributed by atoms with Crippen LogP contribution in [0.3, 0.4) is 0 Å². The van der Waals surface area contributed by atoms with Crippen molar-refractivity contribution in [3.05, 3.63) is 107 Å².